The Labute approximate surface area is 126 Å². The van der Waals surface area contributed by atoms with Crippen LogP contribution in [0.5, 0.6) is 0 Å². The molecule has 1 aromatic carbocycles. The molecule has 0 amide bonds. The number of aliphatic hydroxyl groups excluding tert-OH is 1. The lowest BCUT2D eigenvalue weighted by Crippen LogP contribution is -2.40. The van der Waals surface area contributed by atoms with Crippen molar-refractivity contribution in [2.24, 2.45) is 0 Å². The number of hydrogen-bond donors (Lipinski definition) is 2. The topological polar surface area (TPSA) is 75.6 Å². The van der Waals surface area contributed by atoms with Crippen molar-refractivity contribution >= 4 is 10.0 Å². The van der Waals surface area contributed by atoms with Gasteiger partial charge in [-0.1, -0.05) is 12.1 Å². The number of nitrogens with one attached hydrogen (secondary N) is 1. The molecule has 0 spiro atoms. The van der Waals surface area contributed by atoms with Gasteiger partial charge in [-0.2, -0.15) is 0 Å². The highest BCUT2D eigenvalue weighted by Gasteiger charge is 2.31. The molecule has 118 valence electrons. The molecular formula is C15H23NO4S. The summed E-state index contributed by atoms with van der Waals surface area (Å²) in [5.74, 6) is 0. The highest BCUT2D eigenvalue weighted by atomic mass is 32.2. The standard InChI is InChI=1S/C15H23NO4S/c1-15(9-3-11-20-15)12-16-21(18,19)14-7-5-13(6-8-14)4-2-10-17/h5-8,16-17H,2-4,9-12H2,1H3. The second-order valence-electron chi connectivity index (χ2n) is 5.70. The van der Waals surface area contributed by atoms with Crippen molar-refractivity contribution in [3.63, 3.8) is 0 Å². The normalized spacial score (nSPS) is 22.6. The van der Waals surface area contributed by atoms with Gasteiger partial charge in [-0.15, -0.1) is 0 Å². The summed E-state index contributed by atoms with van der Waals surface area (Å²) < 4.78 is 32.7. The molecular weight excluding hydrogens is 290 g/mol. The fraction of sp³-hybridized carbons (Fsp3) is 0.600. The highest BCUT2D eigenvalue weighted by molar-refractivity contribution is 7.89. The lowest BCUT2D eigenvalue weighted by Gasteiger charge is -2.23. The van der Waals surface area contributed by atoms with Gasteiger partial charge in [0.15, 0.2) is 0 Å². The highest BCUT2D eigenvalue weighted by Crippen LogP contribution is 2.24. The zero-order valence-electron chi connectivity index (χ0n) is 12.3. The van der Waals surface area contributed by atoms with E-state index in [0.717, 1.165) is 24.8 Å². The van der Waals surface area contributed by atoms with Crippen LogP contribution in [0.2, 0.25) is 0 Å². The molecule has 6 heteroatoms. The van der Waals surface area contributed by atoms with E-state index >= 15 is 0 Å². The molecule has 1 aliphatic rings. The molecule has 1 aliphatic heterocycles. The summed E-state index contributed by atoms with van der Waals surface area (Å²) in [5.41, 5.74) is 0.628. The summed E-state index contributed by atoms with van der Waals surface area (Å²) >= 11 is 0. The van der Waals surface area contributed by atoms with Gasteiger partial charge in [0.05, 0.1) is 10.5 Å². The maximum absolute atomic E-state index is 12.2. The van der Waals surface area contributed by atoms with E-state index in [1.807, 2.05) is 6.92 Å². The summed E-state index contributed by atoms with van der Waals surface area (Å²) in [5, 5.41) is 8.79. The maximum atomic E-state index is 12.2. The van der Waals surface area contributed by atoms with Crippen molar-refractivity contribution in [3.8, 4) is 0 Å². The number of sulfonamides is 1. The van der Waals surface area contributed by atoms with Gasteiger partial charge in [-0.25, -0.2) is 13.1 Å². The molecule has 0 radical (unpaired) electrons. The fourth-order valence-electron chi connectivity index (χ4n) is 2.43. The van der Waals surface area contributed by atoms with Crippen LogP contribution in [0, 0.1) is 0 Å². The summed E-state index contributed by atoms with van der Waals surface area (Å²) in [7, 11) is -3.50. The van der Waals surface area contributed by atoms with Crippen molar-refractivity contribution in [2.75, 3.05) is 19.8 Å². The second kappa shape index (κ2) is 6.87. The maximum Gasteiger partial charge on any atom is 0.240 e. The Morgan fingerprint density at radius 1 is 1.33 bits per heavy atom. The molecule has 1 aromatic rings. The molecule has 0 bridgehead atoms. The number of benzene rings is 1. The van der Waals surface area contributed by atoms with E-state index in [1.165, 1.54) is 0 Å². The summed E-state index contributed by atoms with van der Waals surface area (Å²) in [6, 6.07) is 6.79. The molecule has 1 atom stereocenters. The number of rotatable bonds is 7. The van der Waals surface area contributed by atoms with Crippen LogP contribution in [0.4, 0.5) is 0 Å². The average molecular weight is 313 g/mol. The molecule has 1 saturated heterocycles. The summed E-state index contributed by atoms with van der Waals surface area (Å²) in [6.07, 6.45) is 3.27. The predicted octanol–water partition coefficient (Wildman–Crippen LogP) is 1.46. The van der Waals surface area contributed by atoms with Gasteiger partial charge in [0.1, 0.15) is 0 Å². The fourth-order valence-corrected chi connectivity index (χ4v) is 3.58. The molecule has 0 saturated carbocycles. The molecule has 0 aliphatic carbocycles. The van der Waals surface area contributed by atoms with Crippen LogP contribution in [0.1, 0.15) is 31.7 Å². The zero-order chi connectivity index (χ0) is 15.3. The van der Waals surface area contributed by atoms with Crippen molar-refractivity contribution in [2.45, 2.75) is 43.1 Å². The molecule has 21 heavy (non-hydrogen) atoms. The van der Waals surface area contributed by atoms with Crippen LogP contribution < -0.4 is 4.72 Å². The summed E-state index contributed by atoms with van der Waals surface area (Å²) in [4.78, 5) is 0.261. The lowest BCUT2D eigenvalue weighted by molar-refractivity contribution is 0.0250. The molecule has 5 nitrogen and oxygen atoms in total. The number of hydrogen-bond acceptors (Lipinski definition) is 4. The molecule has 0 aromatic heterocycles. The Kier molecular flexibility index (Phi) is 5.37. The second-order valence-corrected chi connectivity index (χ2v) is 7.46. The van der Waals surface area contributed by atoms with E-state index in [9.17, 15) is 8.42 Å². The minimum Gasteiger partial charge on any atom is -0.396 e. The Morgan fingerprint density at radius 3 is 2.62 bits per heavy atom. The first-order chi connectivity index (χ1) is 9.95. The quantitative estimate of drug-likeness (QED) is 0.799. The van der Waals surface area contributed by atoms with Crippen LogP contribution in [-0.4, -0.2) is 38.9 Å². The first-order valence-electron chi connectivity index (χ1n) is 7.29. The molecule has 1 heterocycles. The van der Waals surface area contributed by atoms with Crippen molar-refractivity contribution < 1.29 is 18.3 Å². The molecule has 1 unspecified atom stereocenters. The third kappa shape index (κ3) is 4.51. The third-order valence-corrected chi connectivity index (χ3v) is 5.21. The van der Waals surface area contributed by atoms with E-state index in [4.69, 9.17) is 9.84 Å². The Balaban J connectivity index is 1.98. The van der Waals surface area contributed by atoms with Crippen molar-refractivity contribution in [3.05, 3.63) is 29.8 Å². The number of ether oxygens (including phenoxy) is 1. The van der Waals surface area contributed by atoms with Gasteiger partial charge in [-0.05, 0) is 50.3 Å². The Morgan fingerprint density at radius 2 is 2.05 bits per heavy atom. The van der Waals surface area contributed by atoms with Gasteiger partial charge >= 0.3 is 0 Å². The van der Waals surface area contributed by atoms with Crippen LogP contribution in [-0.2, 0) is 21.2 Å². The minimum atomic E-state index is -3.50. The van der Waals surface area contributed by atoms with E-state index in [-0.39, 0.29) is 11.5 Å². The molecule has 2 rings (SSSR count). The monoisotopic (exact) mass is 313 g/mol. The van der Waals surface area contributed by atoms with Crippen LogP contribution in [0.15, 0.2) is 29.2 Å². The Bertz CT molecular complexity index is 548. The van der Waals surface area contributed by atoms with Gasteiger partial charge in [-0.3, -0.25) is 0 Å². The van der Waals surface area contributed by atoms with Crippen molar-refractivity contribution in [1.82, 2.24) is 4.72 Å². The van der Waals surface area contributed by atoms with Gasteiger partial charge in [0.25, 0.3) is 0 Å². The average Bonchev–Trinajstić information content (AvgIpc) is 2.91. The van der Waals surface area contributed by atoms with Gasteiger partial charge in [0.2, 0.25) is 10.0 Å². The first-order valence-corrected chi connectivity index (χ1v) is 8.77. The van der Waals surface area contributed by atoms with Crippen LogP contribution >= 0.6 is 0 Å². The van der Waals surface area contributed by atoms with Crippen LogP contribution in [0.25, 0.3) is 0 Å². The summed E-state index contributed by atoms with van der Waals surface area (Å²) in [6.45, 7) is 3.06. The number of aliphatic hydroxyl groups is 1. The smallest absolute Gasteiger partial charge is 0.240 e. The van der Waals surface area contributed by atoms with Gasteiger partial charge in [0, 0.05) is 19.8 Å². The SMILES string of the molecule is CC1(CNS(=O)(=O)c2ccc(CCCO)cc2)CCCO1. The minimum absolute atomic E-state index is 0.139. The zero-order valence-corrected chi connectivity index (χ0v) is 13.2. The molecule has 1 fully saturated rings. The van der Waals surface area contributed by atoms with E-state index < -0.39 is 15.6 Å². The first kappa shape index (κ1) is 16.4. The predicted molar refractivity (Wildman–Crippen MR) is 80.6 cm³/mol. The molecule has 2 N–H and O–H groups in total. The van der Waals surface area contributed by atoms with Crippen LogP contribution in [0.3, 0.4) is 0 Å². The third-order valence-electron chi connectivity index (χ3n) is 3.79. The van der Waals surface area contributed by atoms with Gasteiger partial charge < -0.3 is 9.84 Å². The van der Waals surface area contributed by atoms with E-state index in [0.29, 0.717) is 19.6 Å². The lowest BCUT2D eigenvalue weighted by atomic mass is 10.0. The van der Waals surface area contributed by atoms with Crippen molar-refractivity contribution in [1.29, 1.82) is 0 Å². The van der Waals surface area contributed by atoms with E-state index in [2.05, 4.69) is 4.72 Å². The van der Waals surface area contributed by atoms with E-state index in [1.54, 1.807) is 24.3 Å². The largest absolute Gasteiger partial charge is 0.396 e. The Hall–Kier alpha value is -0.950. The number of aryl methyl sites for hydroxylation is 1.